The van der Waals surface area contributed by atoms with E-state index in [0.717, 1.165) is 32.0 Å². The van der Waals surface area contributed by atoms with Crippen molar-refractivity contribution in [2.45, 2.75) is 65.2 Å². The molecule has 0 amide bonds. The van der Waals surface area contributed by atoms with E-state index >= 15 is 0 Å². The Labute approximate surface area is 383 Å². The molecule has 1 radical (unpaired) electrons. The third-order valence-corrected chi connectivity index (χ3v) is 18.8. The van der Waals surface area contributed by atoms with Crippen LogP contribution in [-0.4, -0.2) is 40.4 Å². The normalized spacial score (nSPS) is 12.0. The van der Waals surface area contributed by atoms with E-state index in [1.807, 2.05) is 24.4 Å². The fourth-order valence-electron chi connectivity index (χ4n) is 7.88. The van der Waals surface area contributed by atoms with Crippen LogP contribution in [0.4, 0.5) is 0 Å². The summed E-state index contributed by atoms with van der Waals surface area (Å²) >= 11 is 3.53. The molecule has 0 saturated heterocycles. The summed E-state index contributed by atoms with van der Waals surface area (Å²) in [4.78, 5) is 21.1. The summed E-state index contributed by atoms with van der Waals surface area (Å²) in [5.74, 6) is -0.350. The third kappa shape index (κ3) is 10.8. The Balaban J connectivity index is 0.000000190. The maximum atomic E-state index is 11.8. The Morgan fingerprint density at radius 1 is 0.587 bits per heavy atom. The summed E-state index contributed by atoms with van der Waals surface area (Å²) < 4.78 is 19.4. The van der Waals surface area contributed by atoms with Crippen LogP contribution in [0.25, 0.3) is 21.5 Å². The van der Waals surface area contributed by atoms with Crippen molar-refractivity contribution < 1.29 is 18.4 Å². The second-order valence-electron chi connectivity index (χ2n) is 17.7. The first-order chi connectivity index (χ1) is 30.2. The highest BCUT2D eigenvalue weighted by Gasteiger charge is 2.50. The molecule has 319 valence electrons. The Hall–Kier alpha value is -5.56. The van der Waals surface area contributed by atoms with Crippen molar-refractivity contribution in [1.82, 2.24) is 9.97 Å². The van der Waals surface area contributed by atoms with Gasteiger partial charge in [-0.05, 0) is 83.9 Å². The van der Waals surface area contributed by atoms with E-state index in [1.165, 1.54) is 38.8 Å². The summed E-state index contributed by atoms with van der Waals surface area (Å²) in [6.45, 7) is 14.5. The highest BCUT2D eigenvalue weighted by atomic mass is 79.9. The predicted molar refractivity (Wildman–Crippen MR) is 266 cm³/mol. The van der Waals surface area contributed by atoms with Gasteiger partial charge in [0, 0.05) is 27.6 Å². The molecule has 0 aliphatic heterocycles. The van der Waals surface area contributed by atoms with Gasteiger partial charge in [0.15, 0.2) is 0 Å². The zero-order valence-corrected chi connectivity index (χ0v) is 40.6. The topological polar surface area (TPSA) is 70.5 Å². The van der Waals surface area contributed by atoms with Gasteiger partial charge < -0.3 is 13.6 Å². The van der Waals surface area contributed by atoms with E-state index in [-0.39, 0.29) is 16.4 Å². The molecule has 8 aromatic rings. The zero-order valence-electron chi connectivity index (χ0n) is 37.1. The summed E-state index contributed by atoms with van der Waals surface area (Å²) in [6.07, 6.45) is 3.72. The average Bonchev–Trinajstić information content (AvgIpc) is 3.29. The second kappa shape index (κ2) is 19.9. The predicted octanol–water partition coefficient (Wildman–Crippen LogP) is 10.7. The molecule has 6 nitrogen and oxygen atoms in total. The van der Waals surface area contributed by atoms with Crippen LogP contribution in [-0.2, 0) is 32.2 Å². The number of aromatic nitrogens is 2. The highest BCUT2D eigenvalue weighted by Crippen LogP contribution is 2.37. The fourth-order valence-corrected chi connectivity index (χ4v) is 14.7. The van der Waals surface area contributed by atoms with Crippen LogP contribution >= 0.6 is 15.9 Å². The van der Waals surface area contributed by atoms with Gasteiger partial charge in [-0.25, -0.2) is 4.79 Å². The number of carbonyl (C=O) groups excluding carboxylic acids is 1. The lowest BCUT2D eigenvalue weighted by molar-refractivity contribution is 0.0601. The molecule has 0 fully saturated rings. The number of ether oxygens (including phenoxy) is 1. The molecule has 0 N–H and O–H groups in total. The number of halogens is 1. The smallest absolute Gasteiger partial charge is 0.337 e. The molecule has 6 aromatic carbocycles. The van der Waals surface area contributed by atoms with Crippen LogP contribution in [0.3, 0.4) is 0 Å². The molecule has 0 spiro atoms. The molecule has 8 rings (SSSR count). The number of hydrogen-bond donors (Lipinski definition) is 0. The third-order valence-electron chi connectivity index (χ3n) is 11.2. The molecular weight excluding hydrogens is 877 g/mol. The van der Waals surface area contributed by atoms with Crippen LogP contribution in [0.5, 0.6) is 0 Å². The number of pyridine rings is 2. The van der Waals surface area contributed by atoms with Crippen LogP contribution in [0.1, 0.15) is 68.9 Å². The van der Waals surface area contributed by atoms with Gasteiger partial charge in [-0.1, -0.05) is 185 Å². The first-order valence-electron chi connectivity index (χ1n) is 21.2. The SMILES string of the molecule is CC(C)(C)[Si](OCc1cc2ccc(Br)cc2cn1)(c1ccccc1)c1ccccc1.COC(=O)c1ccc2cc(CO[Si](c3ccccc3)c3ccc(C(C)(C)C)cc3)ncc2c1. The number of esters is 1. The molecule has 0 aliphatic rings. The second-order valence-corrected chi connectivity index (χ2v) is 25.0. The van der Waals surface area contributed by atoms with Crippen molar-refractivity contribution in [3.05, 3.63) is 203 Å². The minimum Gasteiger partial charge on any atom is -0.465 e. The van der Waals surface area contributed by atoms with Crippen molar-refractivity contribution in [2.75, 3.05) is 7.11 Å². The molecule has 2 aromatic heterocycles. The molecule has 2 heterocycles. The first kappa shape index (κ1) is 45.5. The molecule has 9 heteroatoms. The van der Waals surface area contributed by atoms with Crippen molar-refractivity contribution in [1.29, 1.82) is 0 Å². The van der Waals surface area contributed by atoms with Crippen molar-refractivity contribution in [3.63, 3.8) is 0 Å². The molecule has 0 unspecified atom stereocenters. The van der Waals surface area contributed by atoms with E-state index in [0.29, 0.717) is 18.8 Å². The number of nitrogens with zero attached hydrogens (tertiary/aromatic N) is 2. The zero-order chi connectivity index (χ0) is 44.6. The number of benzene rings is 6. The first-order valence-corrected chi connectivity index (χ1v) is 25.3. The number of methoxy groups -OCH3 is 1. The minimum atomic E-state index is -2.56. The minimum absolute atomic E-state index is 0.0442. The highest BCUT2D eigenvalue weighted by molar-refractivity contribution is 9.10. The van der Waals surface area contributed by atoms with E-state index in [9.17, 15) is 4.79 Å². The van der Waals surface area contributed by atoms with E-state index < -0.39 is 17.4 Å². The average molecular weight is 931 g/mol. The molecule has 63 heavy (non-hydrogen) atoms. The van der Waals surface area contributed by atoms with Gasteiger partial charge in [0.25, 0.3) is 17.4 Å². The fraction of sp³-hybridized carbons (Fsp3) is 0.204. The van der Waals surface area contributed by atoms with Crippen LogP contribution < -0.4 is 20.7 Å². The molecule has 0 bridgehead atoms. The number of rotatable bonds is 11. The molecular formula is C54H54BrN2O4Si2. The maximum Gasteiger partial charge on any atom is 0.337 e. The monoisotopic (exact) mass is 929 g/mol. The van der Waals surface area contributed by atoms with E-state index in [2.05, 4.69) is 196 Å². The van der Waals surface area contributed by atoms with Gasteiger partial charge >= 0.3 is 5.97 Å². The molecule has 0 atom stereocenters. The Kier molecular flexibility index (Phi) is 14.3. The largest absolute Gasteiger partial charge is 0.465 e. The van der Waals surface area contributed by atoms with Gasteiger partial charge in [0.05, 0.1) is 37.3 Å². The van der Waals surface area contributed by atoms with E-state index in [1.54, 1.807) is 18.3 Å². The van der Waals surface area contributed by atoms with Crippen LogP contribution in [0, 0.1) is 0 Å². The van der Waals surface area contributed by atoms with E-state index in [4.69, 9.17) is 18.6 Å². The summed E-state index contributed by atoms with van der Waals surface area (Å²) in [7, 11) is -2.61. The Bertz CT molecular complexity index is 2740. The van der Waals surface area contributed by atoms with Crippen molar-refractivity contribution >= 4 is 81.5 Å². The Morgan fingerprint density at radius 2 is 1.10 bits per heavy atom. The van der Waals surface area contributed by atoms with Gasteiger partial charge in [-0.3, -0.25) is 9.97 Å². The van der Waals surface area contributed by atoms with Gasteiger partial charge in [0.2, 0.25) is 0 Å². The van der Waals surface area contributed by atoms with Gasteiger partial charge in [-0.15, -0.1) is 0 Å². The summed E-state index contributed by atoms with van der Waals surface area (Å²) in [5.41, 5.74) is 3.75. The van der Waals surface area contributed by atoms with Crippen LogP contribution in [0.2, 0.25) is 5.04 Å². The lowest BCUT2D eigenvalue weighted by atomic mass is 9.87. The summed E-state index contributed by atoms with van der Waals surface area (Å²) in [5, 5.41) is 9.15. The standard InChI is InChI=1S/C28H28NO3Si.C26H26BrNOSi/c1-28(2,3)23-12-14-26(15-13-23)33(25-8-6-5-7-9-25)32-19-24-17-20-10-11-21(27(30)31-4)16-22(20)18-29-24;1-26(2,3)30(24-10-6-4-7-11-24,25-12-8-5-9-13-25)29-19-23-17-20-14-15-22(27)16-21(20)18-28-23/h5-18H,19H2,1-4H3;4-18H,19H2,1-3H3. The Morgan fingerprint density at radius 3 is 1.63 bits per heavy atom. The van der Waals surface area contributed by atoms with Gasteiger partial charge in [-0.2, -0.15) is 0 Å². The van der Waals surface area contributed by atoms with Crippen molar-refractivity contribution in [2.24, 2.45) is 0 Å². The van der Waals surface area contributed by atoms with Gasteiger partial charge in [0.1, 0.15) is 0 Å². The lowest BCUT2D eigenvalue weighted by Crippen LogP contribution is -2.66. The number of hydrogen-bond acceptors (Lipinski definition) is 6. The molecule has 0 saturated carbocycles. The van der Waals surface area contributed by atoms with Crippen LogP contribution in [0.15, 0.2) is 181 Å². The lowest BCUT2D eigenvalue weighted by Gasteiger charge is -2.43. The van der Waals surface area contributed by atoms with Crippen molar-refractivity contribution in [3.8, 4) is 0 Å². The summed E-state index contributed by atoms with van der Waals surface area (Å²) in [6, 6.07) is 56.6. The maximum absolute atomic E-state index is 11.8. The molecule has 0 aliphatic carbocycles. The number of carbonyl (C=O) groups is 1. The number of fused-ring (bicyclic) bond motifs is 2. The quantitative estimate of drug-likeness (QED) is 0.0951.